The predicted octanol–water partition coefficient (Wildman–Crippen LogP) is 5.76. The number of amides is 2. The zero-order valence-corrected chi connectivity index (χ0v) is 19.7. The second-order valence-electron chi connectivity index (χ2n) is 8.37. The molecular formula is C29H29N3O2. The van der Waals surface area contributed by atoms with Crippen LogP contribution >= 0.6 is 0 Å². The maximum atomic E-state index is 13.6. The third-order valence-corrected chi connectivity index (χ3v) is 6.03. The van der Waals surface area contributed by atoms with Crippen LogP contribution in [-0.4, -0.2) is 11.8 Å². The molecule has 0 saturated heterocycles. The number of rotatable bonds is 6. The molecule has 34 heavy (non-hydrogen) atoms. The van der Waals surface area contributed by atoms with Crippen molar-refractivity contribution in [2.45, 2.75) is 33.1 Å². The minimum atomic E-state index is -0.514. The van der Waals surface area contributed by atoms with Crippen molar-refractivity contribution >= 4 is 23.2 Å². The molecule has 1 aliphatic heterocycles. The van der Waals surface area contributed by atoms with Gasteiger partial charge in [-0.15, -0.1) is 0 Å². The molecule has 0 saturated carbocycles. The van der Waals surface area contributed by atoms with Crippen LogP contribution < -0.4 is 16.0 Å². The molecule has 0 unspecified atom stereocenters. The Balaban J connectivity index is 1.76. The number of hydrogen-bond donors (Lipinski definition) is 3. The van der Waals surface area contributed by atoms with Gasteiger partial charge < -0.3 is 16.0 Å². The third-order valence-electron chi connectivity index (χ3n) is 6.03. The van der Waals surface area contributed by atoms with Gasteiger partial charge in [0.2, 0.25) is 0 Å². The second kappa shape index (κ2) is 10.2. The Kier molecular flexibility index (Phi) is 6.93. The lowest BCUT2D eigenvalue weighted by Gasteiger charge is -2.31. The molecule has 4 rings (SSSR count). The summed E-state index contributed by atoms with van der Waals surface area (Å²) >= 11 is 0. The van der Waals surface area contributed by atoms with Gasteiger partial charge in [-0.2, -0.15) is 0 Å². The number of anilines is 2. The van der Waals surface area contributed by atoms with Crippen molar-refractivity contribution in [3.05, 3.63) is 119 Å². The van der Waals surface area contributed by atoms with E-state index in [4.69, 9.17) is 0 Å². The van der Waals surface area contributed by atoms with E-state index in [1.807, 2.05) is 86.6 Å². The second-order valence-corrected chi connectivity index (χ2v) is 8.37. The SMILES string of the molecule is CCc1ccc(C2C(C(=O)Nc3ccccc3)=C(C)NC(C)=C2C(=O)Nc2ccccc2)cc1. The van der Waals surface area contributed by atoms with E-state index in [9.17, 15) is 9.59 Å². The van der Waals surface area contributed by atoms with Crippen LogP contribution in [0.1, 0.15) is 37.8 Å². The van der Waals surface area contributed by atoms with Crippen LogP contribution in [0.25, 0.3) is 0 Å². The smallest absolute Gasteiger partial charge is 0.254 e. The van der Waals surface area contributed by atoms with E-state index in [2.05, 4.69) is 35.0 Å². The van der Waals surface area contributed by atoms with E-state index in [-0.39, 0.29) is 11.8 Å². The van der Waals surface area contributed by atoms with E-state index < -0.39 is 5.92 Å². The number of allylic oxidation sites excluding steroid dienone is 2. The fourth-order valence-corrected chi connectivity index (χ4v) is 4.32. The van der Waals surface area contributed by atoms with E-state index in [0.29, 0.717) is 22.5 Å². The molecule has 3 N–H and O–H groups in total. The van der Waals surface area contributed by atoms with Gasteiger partial charge in [-0.05, 0) is 55.7 Å². The lowest BCUT2D eigenvalue weighted by atomic mass is 9.79. The summed E-state index contributed by atoms with van der Waals surface area (Å²) in [4.78, 5) is 27.1. The number of para-hydroxylation sites is 2. The number of aryl methyl sites for hydroxylation is 1. The first-order valence-corrected chi connectivity index (χ1v) is 11.5. The van der Waals surface area contributed by atoms with Crippen molar-refractivity contribution in [1.82, 2.24) is 5.32 Å². The van der Waals surface area contributed by atoms with Crippen LogP contribution in [0.3, 0.4) is 0 Å². The lowest BCUT2D eigenvalue weighted by molar-refractivity contribution is -0.113. The summed E-state index contributed by atoms with van der Waals surface area (Å²) in [6.07, 6.45) is 0.916. The molecular weight excluding hydrogens is 422 g/mol. The van der Waals surface area contributed by atoms with Crippen molar-refractivity contribution in [3.8, 4) is 0 Å². The van der Waals surface area contributed by atoms with Crippen LogP contribution in [0.4, 0.5) is 11.4 Å². The Morgan fingerprint density at radius 3 is 1.56 bits per heavy atom. The highest BCUT2D eigenvalue weighted by Gasteiger charge is 2.36. The largest absolute Gasteiger partial charge is 0.362 e. The van der Waals surface area contributed by atoms with Gasteiger partial charge in [0.25, 0.3) is 11.8 Å². The van der Waals surface area contributed by atoms with Crippen molar-refractivity contribution in [2.24, 2.45) is 0 Å². The van der Waals surface area contributed by atoms with Crippen molar-refractivity contribution in [2.75, 3.05) is 10.6 Å². The molecule has 0 spiro atoms. The van der Waals surface area contributed by atoms with Gasteiger partial charge >= 0.3 is 0 Å². The summed E-state index contributed by atoms with van der Waals surface area (Å²) in [6.45, 7) is 5.86. The number of benzene rings is 3. The Morgan fingerprint density at radius 2 is 1.15 bits per heavy atom. The van der Waals surface area contributed by atoms with Crippen LogP contribution in [0.2, 0.25) is 0 Å². The third kappa shape index (κ3) is 4.94. The molecule has 0 fully saturated rings. The summed E-state index contributed by atoms with van der Waals surface area (Å²) in [5.74, 6) is -0.990. The van der Waals surface area contributed by atoms with Crippen LogP contribution in [-0.2, 0) is 16.0 Å². The topological polar surface area (TPSA) is 70.2 Å². The van der Waals surface area contributed by atoms with Gasteiger partial charge in [-0.3, -0.25) is 9.59 Å². The van der Waals surface area contributed by atoms with Gasteiger partial charge in [0.15, 0.2) is 0 Å². The molecule has 0 atom stereocenters. The van der Waals surface area contributed by atoms with Gasteiger partial charge in [0.1, 0.15) is 0 Å². The molecule has 172 valence electrons. The molecule has 3 aromatic rings. The molecule has 0 bridgehead atoms. The quantitative estimate of drug-likeness (QED) is 0.446. The Hall–Kier alpha value is -4.12. The zero-order chi connectivity index (χ0) is 24.1. The Morgan fingerprint density at radius 1 is 0.706 bits per heavy atom. The first-order chi connectivity index (χ1) is 16.5. The van der Waals surface area contributed by atoms with Gasteiger partial charge in [-0.25, -0.2) is 0 Å². The van der Waals surface area contributed by atoms with Crippen molar-refractivity contribution in [1.29, 1.82) is 0 Å². The van der Waals surface area contributed by atoms with E-state index in [0.717, 1.165) is 23.4 Å². The summed E-state index contributed by atoms with van der Waals surface area (Å²) in [5, 5.41) is 9.27. The molecule has 0 aliphatic carbocycles. The number of carbonyl (C=O) groups excluding carboxylic acids is 2. The normalized spacial score (nSPS) is 14.0. The first-order valence-electron chi connectivity index (χ1n) is 11.5. The lowest BCUT2D eigenvalue weighted by Crippen LogP contribution is -2.35. The highest BCUT2D eigenvalue weighted by Crippen LogP contribution is 2.39. The van der Waals surface area contributed by atoms with E-state index in [1.54, 1.807) is 0 Å². The molecule has 0 aromatic heterocycles. The van der Waals surface area contributed by atoms with Gasteiger partial charge in [0.05, 0.1) is 0 Å². The van der Waals surface area contributed by atoms with E-state index in [1.165, 1.54) is 5.56 Å². The van der Waals surface area contributed by atoms with Crippen LogP contribution in [0.5, 0.6) is 0 Å². The molecule has 3 aromatic carbocycles. The molecule has 2 amide bonds. The fourth-order valence-electron chi connectivity index (χ4n) is 4.32. The fraction of sp³-hybridized carbons (Fsp3) is 0.172. The maximum absolute atomic E-state index is 13.6. The highest BCUT2D eigenvalue weighted by atomic mass is 16.2. The maximum Gasteiger partial charge on any atom is 0.254 e. The van der Waals surface area contributed by atoms with Crippen LogP contribution in [0, 0.1) is 0 Å². The monoisotopic (exact) mass is 451 g/mol. The minimum absolute atomic E-state index is 0.238. The number of nitrogens with one attached hydrogen (secondary N) is 3. The predicted molar refractivity (Wildman–Crippen MR) is 137 cm³/mol. The summed E-state index contributed by atoms with van der Waals surface area (Å²) in [5.41, 5.74) is 6.01. The summed E-state index contributed by atoms with van der Waals surface area (Å²) in [6, 6.07) is 26.8. The zero-order valence-electron chi connectivity index (χ0n) is 19.7. The number of hydrogen-bond acceptors (Lipinski definition) is 3. The van der Waals surface area contributed by atoms with Gasteiger partial charge in [0, 0.05) is 39.8 Å². The molecule has 5 nitrogen and oxygen atoms in total. The Bertz CT molecular complexity index is 1170. The standard InChI is InChI=1S/C29H29N3O2/c1-4-21-15-17-22(18-16-21)27-25(28(33)31-23-11-7-5-8-12-23)19(2)30-20(3)26(27)29(34)32-24-13-9-6-10-14-24/h5-18,27,30H,4H2,1-3H3,(H,31,33)(H,32,34). The van der Waals surface area contributed by atoms with Crippen molar-refractivity contribution < 1.29 is 9.59 Å². The van der Waals surface area contributed by atoms with Gasteiger partial charge in [-0.1, -0.05) is 67.6 Å². The first kappa shape index (κ1) is 23.1. The van der Waals surface area contributed by atoms with E-state index >= 15 is 0 Å². The molecule has 0 radical (unpaired) electrons. The van der Waals surface area contributed by atoms with Crippen molar-refractivity contribution in [3.63, 3.8) is 0 Å². The summed E-state index contributed by atoms with van der Waals surface area (Å²) in [7, 11) is 0. The van der Waals surface area contributed by atoms with Crippen LogP contribution in [0.15, 0.2) is 107 Å². The average molecular weight is 452 g/mol. The highest BCUT2D eigenvalue weighted by molar-refractivity contribution is 6.11. The minimum Gasteiger partial charge on any atom is -0.362 e. The summed E-state index contributed by atoms with van der Waals surface area (Å²) < 4.78 is 0. The number of dihydropyridines is 1. The average Bonchev–Trinajstić information content (AvgIpc) is 2.84. The Labute approximate surface area is 200 Å². The molecule has 5 heteroatoms. The number of carbonyl (C=O) groups is 2. The molecule has 1 aliphatic rings. The molecule has 1 heterocycles.